The third kappa shape index (κ3) is 4.40. The topological polar surface area (TPSA) is 35.8 Å². The zero-order chi connectivity index (χ0) is 12.9. The molecule has 0 amide bonds. The highest BCUT2D eigenvalue weighted by Gasteiger charge is 2.15. The number of hydrogen-bond acceptors (Lipinski definition) is 2. The molecule has 1 N–H and O–H groups in total. The molecule has 0 aliphatic heterocycles. The molecule has 0 aliphatic carbocycles. The molecule has 1 aromatic rings. The Bertz CT molecular complexity index is 419. The molecule has 0 heterocycles. The summed E-state index contributed by atoms with van der Waals surface area (Å²) in [6.45, 7) is 6.91. The summed E-state index contributed by atoms with van der Waals surface area (Å²) in [5.74, 6) is 0. The molecule has 0 saturated carbocycles. The highest BCUT2D eigenvalue weighted by molar-refractivity contribution is 9.10. The van der Waals surface area contributed by atoms with E-state index in [1.54, 1.807) is 0 Å². The maximum absolute atomic E-state index is 8.94. The third-order valence-electron chi connectivity index (χ3n) is 2.82. The number of halogens is 1. The van der Waals surface area contributed by atoms with Gasteiger partial charge < -0.3 is 5.32 Å². The van der Waals surface area contributed by atoms with E-state index in [0.717, 1.165) is 23.9 Å². The minimum absolute atomic E-state index is 0.255. The van der Waals surface area contributed by atoms with E-state index in [9.17, 15) is 0 Å². The highest BCUT2D eigenvalue weighted by atomic mass is 79.9. The molecule has 3 heteroatoms. The van der Waals surface area contributed by atoms with E-state index in [2.05, 4.69) is 46.4 Å². The van der Waals surface area contributed by atoms with Crippen molar-refractivity contribution in [2.75, 3.05) is 11.9 Å². The lowest BCUT2D eigenvalue weighted by Gasteiger charge is -2.17. The number of nitriles is 1. The van der Waals surface area contributed by atoms with Gasteiger partial charge in [-0.15, -0.1) is 0 Å². The molecule has 0 aromatic heterocycles. The van der Waals surface area contributed by atoms with Gasteiger partial charge in [0.05, 0.1) is 11.5 Å². The van der Waals surface area contributed by atoms with Crippen molar-refractivity contribution in [1.82, 2.24) is 0 Å². The Balaban J connectivity index is 2.61. The molecule has 0 radical (unpaired) electrons. The van der Waals surface area contributed by atoms with Crippen LogP contribution in [-0.4, -0.2) is 6.54 Å². The van der Waals surface area contributed by atoms with Crippen LogP contribution in [0.5, 0.6) is 0 Å². The van der Waals surface area contributed by atoms with Crippen molar-refractivity contribution in [1.29, 1.82) is 5.26 Å². The molecule has 1 rings (SSSR count). The molecular weight excluding hydrogens is 276 g/mol. The van der Waals surface area contributed by atoms with Crippen LogP contribution in [0.25, 0.3) is 0 Å². The Kier molecular flexibility index (Phi) is 5.02. The largest absolute Gasteiger partial charge is 0.385 e. The standard InChI is InChI=1S/C14H19BrN2/c1-4-11-9-12(15)5-6-13(11)17-8-7-14(2,3)10-16/h5-6,9,17H,4,7-8H2,1-3H3. The molecule has 17 heavy (non-hydrogen) atoms. The molecule has 2 nitrogen and oxygen atoms in total. The van der Waals surface area contributed by atoms with Gasteiger partial charge in [-0.3, -0.25) is 0 Å². The molecule has 0 saturated heterocycles. The van der Waals surface area contributed by atoms with Gasteiger partial charge in [0, 0.05) is 16.7 Å². The van der Waals surface area contributed by atoms with Gasteiger partial charge in [-0.05, 0) is 50.5 Å². The summed E-state index contributed by atoms with van der Waals surface area (Å²) >= 11 is 3.48. The SMILES string of the molecule is CCc1cc(Br)ccc1NCCC(C)(C)C#N. The lowest BCUT2D eigenvalue weighted by molar-refractivity contribution is 0.466. The van der Waals surface area contributed by atoms with E-state index < -0.39 is 0 Å². The zero-order valence-electron chi connectivity index (χ0n) is 10.7. The van der Waals surface area contributed by atoms with Crippen molar-refractivity contribution in [2.24, 2.45) is 5.41 Å². The predicted molar refractivity (Wildman–Crippen MR) is 76.0 cm³/mol. The lowest BCUT2D eigenvalue weighted by atomic mass is 9.91. The summed E-state index contributed by atoms with van der Waals surface area (Å²) in [5, 5.41) is 12.4. The zero-order valence-corrected chi connectivity index (χ0v) is 12.3. The maximum atomic E-state index is 8.94. The average molecular weight is 295 g/mol. The Labute approximate surface area is 112 Å². The summed E-state index contributed by atoms with van der Waals surface area (Å²) < 4.78 is 1.11. The van der Waals surface area contributed by atoms with Gasteiger partial charge in [0.25, 0.3) is 0 Å². The van der Waals surface area contributed by atoms with E-state index in [0.29, 0.717) is 0 Å². The van der Waals surface area contributed by atoms with Gasteiger partial charge in [-0.25, -0.2) is 0 Å². The Morgan fingerprint density at radius 1 is 1.41 bits per heavy atom. The Morgan fingerprint density at radius 2 is 2.12 bits per heavy atom. The molecule has 0 aliphatic rings. The fourth-order valence-corrected chi connectivity index (χ4v) is 2.00. The Morgan fingerprint density at radius 3 is 2.71 bits per heavy atom. The second-order valence-electron chi connectivity index (χ2n) is 4.83. The van der Waals surface area contributed by atoms with Crippen LogP contribution < -0.4 is 5.32 Å². The lowest BCUT2D eigenvalue weighted by Crippen LogP contribution is -2.15. The van der Waals surface area contributed by atoms with Crippen LogP contribution in [0.2, 0.25) is 0 Å². The predicted octanol–water partition coefficient (Wildman–Crippen LogP) is 4.36. The van der Waals surface area contributed by atoms with Crippen LogP contribution in [0.15, 0.2) is 22.7 Å². The van der Waals surface area contributed by atoms with E-state index in [1.807, 2.05) is 19.9 Å². The van der Waals surface area contributed by atoms with Crippen molar-refractivity contribution >= 4 is 21.6 Å². The van der Waals surface area contributed by atoms with E-state index in [-0.39, 0.29) is 5.41 Å². The second kappa shape index (κ2) is 6.07. The van der Waals surface area contributed by atoms with Crippen LogP contribution in [0.1, 0.15) is 32.8 Å². The van der Waals surface area contributed by atoms with Gasteiger partial charge in [0.15, 0.2) is 0 Å². The minimum atomic E-state index is -0.255. The monoisotopic (exact) mass is 294 g/mol. The number of nitrogens with one attached hydrogen (secondary N) is 1. The van der Waals surface area contributed by atoms with Crippen molar-refractivity contribution in [3.8, 4) is 6.07 Å². The van der Waals surface area contributed by atoms with Crippen molar-refractivity contribution < 1.29 is 0 Å². The summed E-state index contributed by atoms with van der Waals surface area (Å²) in [5.41, 5.74) is 2.22. The molecule has 92 valence electrons. The van der Waals surface area contributed by atoms with Gasteiger partial charge in [0.1, 0.15) is 0 Å². The molecule has 1 aromatic carbocycles. The van der Waals surface area contributed by atoms with Crippen LogP contribution >= 0.6 is 15.9 Å². The fourth-order valence-electron chi connectivity index (χ4n) is 1.59. The first-order valence-electron chi connectivity index (χ1n) is 5.92. The highest BCUT2D eigenvalue weighted by Crippen LogP contribution is 2.23. The average Bonchev–Trinajstić information content (AvgIpc) is 2.30. The molecule has 0 unspecified atom stereocenters. The Hall–Kier alpha value is -1.01. The van der Waals surface area contributed by atoms with E-state index in [4.69, 9.17) is 5.26 Å². The van der Waals surface area contributed by atoms with Crippen molar-refractivity contribution in [2.45, 2.75) is 33.6 Å². The minimum Gasteiger partial charge on any atom is -0.385 e. The maximum Gasteiger partial charge on any atom is 0.0684 e. The summed E-state index contributed by atoms with van der Waals surface area (Å²) in [4.78, 5) is 0. The smallest absolute Gasteiger partial charge is 0.0684 e. The van der Waals surface area contributed by atoms with Crippen LogP contribution in [0.4, 0.5) is 5.69 Å². The van der Waals surface area contributed by atoms with Crippen LogP contribution in [-0.2, 0) is 6.42 Å². The third-order valence-corrected chi connectivity index (χ3v) is 3.31. The summed E-state index contributed by atoms with van der Waals surface area (Å²) in [7, 11) is 0. The number of rotatable bonds is 5. The molecule has 0 bridgehead atoms. The van der Waals surface area contributed by atoms with Crippen molar-refractivity contribution in [3.63, 3.8) is 0 Å². The first-order valence-corrected chi connectivity index (χ1v) is 6.71. The molecule has 0 spiro atoms. The van der Waals surface area contributed by atoms with Gasteiger partial charge in [-0.2, -0.15) is 5.26 Å². The van der Waals surface area contributed by atoms with Crippen molar-refractivity contribution in [3.05, 3.63) is 28.2 Å². The number of aryl methyl sites for hydroxylation is 1. The fraction of sp³-hybridized carbons (Fsp3) is 0.500. The number of anilines is 1. The number of benzene rings is 1. The van der Waals surface area contributed by atoms with Gasteiger partial charge in [0.2, 0.25) is 0 Å². The van der Waals surface area contributed by atoms with E-state index in [1.165, 1.54) is 11.3 Å². The van der Waals surface area contributed by atoms with E-state index >= 15 is 0 Å². The summed E-state index contributed by atoms with van der Waals surface area (Å²) in [6, 6.07) is 8.58. The first kappa shape index (κ1) is 14.1. The molecular formula is C14H19BrN2. The van der Waals surface area contributed by atoms with Gasteiger partial charge >= 0.3 is 0 Å². The number of hydrogen-bond donors (Lipinski definition) is 1. The number of nitrogens with zero attached hydrogens (tertiary/aromatic N) is 1. The second-order valence-corrected chi connectivity index (χ2v) is 5.74. The van der Waals surface area contributed by atoms with Gasteiger partial charge in [-0.1, -0.05) is 22.9 Å². The molecule has 0 fully saturated rings. The van der Waals surface area contributed by atoms with Crippen LogP contribution in [0.3, 0.4) is 0 Å². The summed E-state index contributed by atoms with van der Waals surface area (Å²) in [6.07, 6.45) is 1.85. The van der Waals surface area contributed by atoms with Crippen LogP contribution in [0, 0.1) is 16.7 Å². The normalized spacial score (nSPS) is 11.0. The first-order chi connectivity index (χ1) is 7.98. The molecule has 0 atom stereocenters. The quantitative estimate of drug-likeness (QED) is 0.876.